The highest BCUT2D eigenvalue weighted by Crippen LogP contribution is 2.22. The van der Waals surface area contributed by atoms with Gasteiger partial charge < -0.3 is 10.2 Å². The zero-order valence-corrected chi connectivity index (χ0v) is 12.6. The molecule has 0 aromatic heterocycles. The third-order valence-electron chi connectivity index (χ3n) is 3.48. The SMILES string of the molecule is CNCc1ccc(F)cc1S(=O)(=O)N1CCN(C)CC1. The molecule has 1 N–H and O–H groups in total. The van der Waals surface area contributed by atoms with Crippen molar-refractivity contribution in [3.8, 4) is 0 Å². The van der Waals surface area contributed by atoms with Crippen LogP contribution in [0.25, 0.3) is 0 Å². The molecule has 5 nitrogen and oxygen atoms in total. The maximum Gasteiger partial charge on any atom is 0.243 e. The van der Waals surface area contributed by atoms with Gasteiger partial charge in [-0.25, -0.2) is 12.8 Å². The highest BCUT2D eigenvalue weighted by atomic mass is 32.2. The van der Waals surface area contributed by atoms with E-state index in [1.807, 2.05) is 7.05 Å². The minimum Gasteiger partial charge on any atom is -0.316 e. The average Bonchev–Trinajstić information content (AvgIpc) is 2.41. The quantitative estimate of drug-likeness (QED) is 0.879. The van der Waals surface area contributed by atoms with Gasteiger partial charge in [0, 0.05) is 32.7 Å². The topological polar surface area (TPSA) is 52.7 Å². The number of likely N-dealkylation sites (N-methyl/N-ethyl adjacent to an activating group) is 1. The number of nitrogens with zero attached hydrogens (tertiary/aromatic N) is 2. The fourth-order valence-corrected chi connectivity index (χ4v) is 3.93. The first-order chi connectivity index (χ1) is 9.45. The zero-order chi connectivity index (χ0) is 14.8. The van der Waals surface area contributed by atoms with Gasteiger partial charge in [-0.05, 0) is 31.8 Å². The minimum absolute atomic E-state index is 0.0661. The highest BCUT2D eigenvalue weighted by Gasteiger charge is 2.29. The molecular formula is C13H20FN3O2S. The van der Waals surface area contributed by atoms with Crippen molar-refractivity contribution in [2.45, 2.75) is 11.4 Å². The molecule has 0 atom stereocenters. The second-order valence-electron chi connectivity index (χ2n) is 4.99. The Hall–Kier alpha value is -1.02. The van der Waals surface area contributed by atoms with Gasteiger partial charge >= 0.3 is 0 Å². The van der Waals surface area contributed by atoms with Crippen LogP contribution in [0.5, 0.6) is 0 Å². The summed E-state index contributed by atoms with van der Waals surface area (Å²) in [6.45, 7) is 2.65. The summed E-state index contributed by atoms with van der Waals surface area (Å²) in [5.74, 6) is -0.530. The lowest BCUT2D eigenvalue weighted by Gasteiger charge is -2.32. The van der Waals surface area contributed by atoms with Gasteiger partial charge in [-0.1, -0.05) is 6.07 Å². The summed E-state index contributed by atoms with van der Waals surface area (Å²) in [7, 11) is 0.0545. The van der Waals surface area contributed by atoms with Crippen LogP contribution in [0, 0.1) is 5.82 Å². The molecule has 7 heteroatoms. The highest BCUT2D eigenvalue weighted by molar-refractivity contribution is 7.89. The Balaban J connectivity index is 2.35. The molecular weight excluding hydrogens is 281 g/mol. The largest absolute Gasteiger partial charge is 0.316 e. The van der Waals surface area contributed by atoms with E-state index >= 15 is 0 Å². The summed E-state index contributed by atoms with van der Waals surface area (Å²) in [5, 5.41) is 2.91. The van der Waals surface area contributed by atoms with E-state index in [4.69, 9.17) is 0 Å². The van der Waals surface area contributed by atoms with Gasteiger partial charge in [-0.2, -0.15) is 4.31 Å². The Bertz CT molecular complexity index is 569. The lowest BCUT2D eigenvalue weighted by atomic mass is 10.2. The van der Waals surface area contributed by atoms with Crippen molar-refractivity contribution >= 4 is 10.0 Å². The van der Waals surface area contributed by atoms with Crippen molar-refractivity contribution in [2.75, 3.05) is 40.3 Å². The molecule has 1 heterocycles. The third kappa shape index (κ3) is 3.17. The summed E-state index contributed by atoms with van der Waals surface area (Å²) in [5.41, 5.74) is 0.591. The summed E-state index contributed by atoms with van der Waals surface area (Å²) < 4.78 is 40.2. The van der Waals surface area contributed by atoms with E-state index in [-0.39, 0.29) is 4.90 Å². The molecule has 0 saturated carbocycles. The third-order valence-corrected chi connectivity index (χ3v) is 5.46. The molecule has 1 aliphatic heterocycles. The average molecular weight is 301 g/mol. The van der Waals surface area contributed by atoms with Crippen molar-refractivity contribution in [2.24, 2.45) is 0 Å². The fourth-order valence-electron chi connectivity index (χ4n) is 2.27. The first-order valence-electron chi connectivity index (χ1n) is 6.57. The zero-order valence-electron chi connectivity index (χ0n) is 11.8. The van der Waals surface area contributed by atoms with Crippen LogP contribution in [0.1, 0.15) is 5.56 Å². The van der Waals surface area contributed by atoms with Crippen LogP contribution < -0.4 is 5.32 Å². The molecule has 2 rings (SSSR count). The number of rotatable bonds is 4. The Morgan fingerprint density at radius 3 is 2.50 bits per heavy atom. The number of sulfonamides is 1. The van der Waals surface area contributed by atoms with Crippen LogP contribution in [0.3, 0.4) is 0 Å². The van der Waals surface area contributed by atoms with Crippen molar-refractivity contribution in [3.05, 3.63) is 29.6 Å². The predicted molar refractivity (Wildman–Crippen MR) is 75.4 cm³/mol. The van der Waals surface area contributed by atoms with Gasteiger partial charge in [0.2, 0.25) is 10.0 Å². The number of hydrogen-bond donors (Lipinski definition) is 1. The van der Waals surface area contributed by atoms with E-state index in [0.29, 0.717) is 38.3 Å². The number of nitrogens with one attached hydrogen (secondary N) is 1. The molecule has 0 aliphatic carbocycles. The predicted octanol–water partition coefficient (Wildman–Crippen LogP) is 0.481. The Morgan fingerprint density at radius 2 is 1.90 bits per heavy atom. The molecule has 0 amide bonds. The van der Waals surface area contributed by atoms with E-state index in [1.165, 1.54) is 16.4 Å². The lowest BCUT2D eigenvalue weighted by Crippen LogP contribution is -2.47. The minimum atomic E-state index is -3.63. The molecule has 1 saturated heterocycles. The van der Waals surface area contributed by atoms with E-state index in [9.17, 15) is 12.8 Å². The summed E-state index contributed by atoms with van der Waals surface area (Å²) in [6, 6.07) is 3.92. The molecule has 1 aromatic rings. The van der Waals surface area contributed by atoms with Crippen LogP contribution >= 0.6 is 0 Å². The summed E-state index contributed by atoms with van der Waals surface area (Å²) >= 11 is 0. The van der Waals surface area contributed by atoms with Crippen LogP contribution in [0.15, 0.2) is 23.1 Å². The van der Waals surface area contributed by atoms with Crippen LogP contribution in [0.2, 0.25) is 0 Å². The molecule has 1 fully saturated rings. The number of halogens is 1. The van der Waals surface area contributed by atoms with Crippen LogP contribution in [-0.2, 0) is 16.6 Å². The summed E-state index contributed by atoms with van der Waals surface area (Å²) in [4.78, 5) is 2.14. The smallest absolute Gasteiger partial charge is 0.243 e. The van der Waals surface area contributed by atoms with Crippen LogP contribution in [-0.4, -0.2) is 57.9 Å². The monoisotopic (exact) mass is 301 g/mol. The molecule has 0 unspecified atom stereocenters. The second-order valence-corrected chi connectivity index (χ2v) is 6.90. The van der Waals surface area contributed by atoms with E-state index < -0.39 is 15.8 Å². The van der Waals surface area contributed by atoms with Crippen LogP contribution in [0.4, 0.5) is 4.39 Å². The van der Waals surface area contributed by atoms with Gasteiger partial charge in [0.1, 0.15) is 5.82 Å². The molecule has 1 aromatic carbocycles. The first kappa shape index (κ1) is 15.4. The number of piperazine rings is 1. The van der Waals surface area contributed by atoms with Gasteiger partial charge in [0.25, 0.3) is 0 Å². The van der Waals surface area contributed by atoms with Crippen molar-refractivity contribution in [1.29, 1.82) is 0 Å². The molecule has 0 spiro atoms. The maximum absolute atomic E-state index is 13.4. The Labute approximate surface area is 119 Å². The summed E-state index contributed by atoms with van der Waals surface area (Å²) in [6.07, 6.45) is 0. The second kappa shape index (κ2) is 6.17. The van der Waals surface area contributed by atoms with Gasteiger partial charge in [-0.15, -0.1) is 0 Å². The standard InChI is InChI=1S/C13H20FN3O2S/c1-15-10-11-3-4-12(14)9-13(11)20(18,19)17-7-5-16(2)6-8-17/h3-4,9,15H,5-8,10H2,1-2H3. The number of benzene rings is 1. The van der Waals surface area contributed by atoms with E-state index in [0.717, 1.165) is 6.07 Å². The molecule has 112 valence electrons. The van der Waals surface area contributed by atoms with Crippen molar-refractivity contribution < 1.29 is 12.8 Å². The van der Waals surface area contributed by atoms with Crippen molar-refractivity contribution in [1.82, 2.24) is 14.5 Å². The van der Waals surface area contributed by atoms with Crippen molar-refractivity contribution in [3.63, 3.8) is 0 Å². The van der Waals surface area contributed by atoms with Gasteiger partial charge in [0.15, 0.2) is 0 Å². The molecule has 20 heavy (non-hydrogen) atoms. The van der Waals surface area contributed by atoms with Gasteiger partial charge in [0.05, 0.1) is 4.90 Å². The molecule has 0 bridgehead atoms. The Morgan fingerprint density at radius 1 is 1.25 bits per heavy atom. The van der Waals surface area contributed by atoms with E-state index in [2.05, 4.69) is 10.2 Å². The first-order valence-corrected chi connectivity index (χ1v) is 8.01. The fraction of sp³-hybridized carbons (Fsp3) is 0.538. The van der Waals surface area contributed by atoms with Gasteiger partial charge in [-0.3, -0.25) is 0 Å². The molecule has 0 radical (unpaired) electrons. The maximum atomic E-state index is 13.4. The number of hydrogen-bond acceptors (Lipinski definition) is 4. The van der Waals surface area contributed by atoms with E-state index in [1.54, 1.807) is 7.05 Å². The molecule has 1 aliphatic rings. The Kier molecular flexibility index (Phi) is 4.74. The normalized spacial score (nSPS) is 18.4. The lowest BCUT2D eigenvalue weighted by molar-refractivity contribution is 0.222.